The minimum atomic E-state index is -0.462. The van der Waals surface area contributed by atoms with E-state index in [0.29, 0.717) is 5.92 Å². The molecule has 4 nitrogen and oxygen atoms in total. The normalized spacial score (nSPS) is 26.0. The third kappa shape index (κ3) is 4.36. The SMILES string of the molecule is C[C@@H](C(=O)N[C@](C)(CO)C1CCCCC1)N1CCSCC1. The second-order valence-electron chi connectivity index (χ2n) is 6.72. The molecular formula is C16H30N2O2S. The van der Waals surface area contributed by atoms with Gasteiger partial charge in [-0.15, -0.1) is 0 Å². The molecule has 1 saturated carbocycles. The van der Waals surface area contributed by atoms with Crippen molar-refractivity contribution in [2.45, 2.75) is 57.5 Å². The Morgan fingerprint density at radius 3 is 2.52 bits per heavy atom. The molecule has 2 N–H and O–H groups in total. The number of nitrogens with zero attached hydrogens (tertiary/aromatic N) is 1. The second-order valence-corrected chi connectivity index (χ2v) is 7.95. The molecule has 21 heavy (non-hydrogen) atoms. The number of aliphatic hydroxyl groups is 1. The number of rotatable bonds is 5. The first-order valence-corrected chi connectivity index (χ1v) is 9.47. The molecule has 1 aliphatic carbocycles. The van der Waals surface area contributed by atoms with Gasteiger partial charge in [0.2, 0.25) is 5.91 Å². The van der Waals surface area contributed by atoms with Crippen molar-refractivity contribution in [2.75, 3.05) is 31.2 Å². The van der Waals surface area contributed by atoms with Crippen molar-refractivity contribution in [3.63, 3.8) is 0 Å². The van der Waals surface area contributed by atoms with Crippen LogP contribution >= 0.6 is 11.8 Å². The molecular weight excluding hydrogens is 284 g/mol. The van der Waals surface area contributed by atoms with Gasteiger partial charge in [-0.3, -0.25) is 9.69 Å². The predicted molar refractivity (Wildman–Crippen MR) is 88.6 cm³/mol. The highest BCUT2D eigenvalue weighted by atomic mass is 32.2. The molecule has 2 aliphatic rings. The molecule has 2 fully saturated rings. The van der Waals surface area contributed by atoms with Crippen LogP contribution in [0.15, 0.2) is 0 Å². The highest BCUT2D eigenvalue weighted by Crippen LogP contribution is 2.32. The van der Waals surface area contributed by atoms with E-state index in [4.69, 9.17) is 0 Å². The zero-order valence-electron chi connectivity index (χ0n) is 13.4. The topological polar surface area (TPSA) is 52.6 Å². The van der Waals surface area contributed by atoms with Crippen LogP contribution in [0.3, 0.4) is 0 Å². The lowest BCUT2D eigenvalue weighted by atomic mass is 9.76. The molecule has 0 aromatic carbocycles. The van der Waals surface area contributed by atoms with Gasteiger partial charge in [0.25, 0.3) is 0 Å². The average Bonchev–Trinajstić information content (AvgIpc) is 2.55. The Bertz CT molecular complexity index is 341. The predicted octanol–water partition coefficient (Wildman–Crippen LogP) is 1.87. The number of carbonyl (C=O) groups is 1. The fraction of sp³-hybridized carbons (Fsp3) is 0.938. The molecule has 0 spiro atoms. The van der Waals surface area contributed by atoms with Gasteiger partial charge >= 0.3 is 0 Å². The zero-order valence-corrected chi connectivity index (χ0v) is 14.3. The summed E-state index contributed by atoms with van der Waals surface area (Å²) in [7, 11) is 0. The fourth-order valence-electron chi connectivity index (χ4n) is 3.53. The van der Waals surface area contributed by atoms with Crippen molar-refractivity contribution in [1.29, 1.82) is 0 Å². The first kappa shape index (κ1) is 17.1. The first-order valence-electron chi connectivity index (χ1n) is 8.31. The molecule has 0 radical (unpaired) electrons. The van der Waals surface area contributed by atoms with Crippen LogP contribution in [0.1, 0.15) is 46.0 Å². The van der Waals surface area contributed by atoms with E-state index in [0.717, 1.165) is 37.4 Å². The van der Waals surface area contributed by atoms with Crippen LogP contribution < -0.4 is 5.32 Å². The van der Waals surface area contributed by atoms with Crippen LogP contribution in [-0.4, -0.2) is 58.7 Å². The Kier molecular flexibility index (Phi) is 6.38. The van der Waals surface area contributed by atoms with E-state index >= 15 is 0 Å². The lowest BCUT2D eigenvalue weighted by molar-refractivity contribution is -0.129. The van der Waals surface area contributed by atoms with Gasteiger partial charge in [0, 0.05) is 24.6 Å². The molecule has 0 unspecified atom stereocenters. The molecule has 122 valence electrons. The quantitative estimate of drug-likeness (QED) is 0.813. The summed E-state index contributed by atoms with van der Waals surface area (Å²) in [6.45, 7) is 6.01. The standard InChI is InChI=1S/C16H30N2O2S/c1-13(18-8-10-21-11-9-18)15(20)17-16(2,12-19)14-6-4-3-5-7-14/h13-14,19H,3-12H2,1-2H3,(H,17,20)/t13-,16+/m0/s1. The lowest BCUT2D eigenvalue weighted by Gasteiger charge is -2.41. The largest absolute Gasteiger partial charge is 0.394 e. The van der Waals surface area contributed by atoms with Gasteiger partial charge in [-0.05, 0) is 32.6 Å². The summed E-state index contributed by atoms with van der Waals surface area (Å²) in [5.74, 6) is 2.70. The van der Waals surface area contributed by atoms with Crippen molar-refractivity contribution in [1.82, 2.24) is 10.2 Å². The molecule has 2 rings (SSSR count). The Balaban J connectivity index is 1.94. The minimum Gasteiger partial charge on any atom is -0.394 e. The molecule has 1 saturated heterocycles. The van der Waals surface area contributed by atoms with E-state index in [-0.39, 0.29) is 18.6 Å². The number of hydrogen-bond donors (Lipinski definition) is 2. The van der Waals surface area contributed by atoms with Crippen LogP contribution in [0.4, 0.5) is 0 Å². The maximum atomic E-state index is 12.6. The summed E-state index contributed by atoms with van der Waals surface area (Å²) in [6.07, 6.45) is 5.95. The van der Waals surface area contributed by atoms with Gasteiger partial charge in [0.15, 0.2) is 0 Å². The van der Waals surface area contributed by atoms with Crippen molar-refractivity contribution in [3.05, 3.63) is 0 Å². The maximum Gasteiger partial charge on any atom is 0.237 e. The highest BCUT2D eigenvalue weighted by molar-refractivity contribution is 7.99. The van der Waals surface area contributed by atoms with E-state index in [2.05, 4.69) is 10.2 Å². The summed E-state index contributed by atoms with van der Waals surface area (Å²) in [4.78, 5) is 14.8. The molecule has 1 heterocycles. The van der Waals surface area contributed by atoms with Gasteiger partial charge in [0.1, 0.15) is 0 Å². The van der Waals surface area contributed by atoms with Crippen molar-refractivity contribution < 1.29 is 9.90 Å². The van der Waals surface area contributed by atoms with E-state index in [1.807, 2.05) is 25.6 Å². The third-order valence-electron chi connectivity index (χ3n) is 5.22. The Morgan fingerprint density at radius 1 is 1.33 bits per heavy atom. The van der Waals surface area contributed by atoms with E-state index in [9.17, 15) is 9.90 Å². The van der Waals surface area contributed by atoms with Crippen LogP contribution in [0.25, 0.3) is 0 Å². The molecule has 0 bridgehead atoms. The van der Waals surface area contributed by atoms with E-state index in [1.165, 1.54) is 19.3 Å². The van der Waals surface area contributed by atoms with Crippen molar-refractivity contribution in [3.8, 4) is 0 Å². The number of aliphatic hydroxyl groups excluding tert-OH is 1. The Labute approximate surface area is 133 Å². The summed E-state index contributed by atoms with van der Waals surface area (Å²) in [5, 5.41) is 13.0. The average molecular weight is 314 g/mol. The number of amides is 1. The van der Waals surface area contributed by atoms with Crippen LogP contribution in [0.2, 0.25) is 0 Å². The van der Waals surface area contributed by atoms with Gasteiger partial charge in [-0.2, -0.15) is 11.8 Å². The van der Waals surface area contributed by atoms with E-state index in [1.54, 1.807) is 0 Å². The van der Waals surface area contributed by atoms with Gasteiger partial charge < -0.3 is 10.4 Å². The van der Waals surface area contributed by atoms with Crippen LogP contribution in [0, 0.1) is 5.92 Å². The van der Waals surface area contributed by atoms with Crippen LogP contribution in [0.5, 0.6) is 0 Å². The van der Waals surface area contributed by atoms with Crippen molar-refractivity contribution >= 4 is 17.7 Å². The zero-order chi connectivity index (χ0) is 15.3. The Hall–Kier alpha value is -0.260. The summed E-state index contributed by atoms with van der Waals surface area (Å²) < 4.78 is 0. The smallest absolute Gasteiger partial charge is 0.237 e. The monoisotopic (exact) mass is 314 g/mol. The minimum absolute atomic E-state index is 0.0337. The summed E-state index contributed by atoms with van der Waals surface area (Å²) in [6, 6.07) is -0.0969. The van der Waals surface area contributed by atoms with Gasteiger partial charge in [0.05, 0.1) is 18.2 Å². The molecule has 5 heteroatoms. The number of thioether (sulfide) groups is 1. The molecule has 0 aromatic heterocycles. The Morgan fingerprint density at radius 2 is 1.95 bits per heavy atom. The number of hydrogen-bond acceptors (Lipinski definition) is 4. The number of nitrogens with one attached hydrogen (secondary N) is 1. The summed E-state index contributed by atoms with van der Waals surface area (Å²) in [5.41, 5.74) is -0.462. The lowest BCUT2D eigenvalue weighted by Crippen LogP contribution is -2.59. The third-order valence-corrected chi connectivity index (χ3v) is 6.16. The fourth-order valence-corrected chi connectivity index (χ4v) is 4.46. The second kappa shape index (κ2) is 7.84. The molecule has 1 amide bonds. The molecule has 1 aliphatic heterocycles. The molecule has 2 atom stereocenters. The highest BCUT2D eigenvalue weighted by Gasteiger charge is 2.37. The number of carbonyl (C=O) groups excluding carboxylic acids is 1. The maximum absolute atomic E-state index is 12.6. The van der Waals surface area contributed by atoms with Crippen LogP contribution in [-0.2, 0) is 4.79 Å². The van der Waals surface area contributed by atoms with Gasteiger partial charge in [-0.25, -0.2) is 0 Å². The molecule has 0 aromatic rings. The summed E-state index contributed by atoms with van der Waals surface area (Å²) >= 11 is 1.95. The van der Waals surface area contributed by atoms with Crippen molar-refractivity contribution in [2.24, 2.45) is 5.92 Å². The first-order chi connectivity index (χ1) is 10.1. The van der Waals surface area contributed by atoms with Gasteiger partial charge in [-0.1, -0.05) is 19.3 Å². The van der Waals surface area contributed by atoms with E-state index < -0.39 is 5.54 Å².